The van der Waals surface area contributed by atoms with Gasteiger partial charge in [0.05, 0.1) is 5.69 Å². The number of aromatic nitrogens is 1. The third-order valence-electron chi connectivity index (χ3n) is 5.85. The molecule has 1 fully saturated rings. The Hall–Kier alpha value is -1.32. The first kappa shape index (κ1) is 17.1. The molecule has 1 aromatic heterocycles. The second-order valence-electron chi connectivity index (χ2n) is 7.51. The number of hydrogen-bond donors (Lipinski definition) is 0. The summed E-state index contributed by atoms with van der Waals surface area (Å²) in [5.41, 5.74) is 4.09. The molecule has 4 rings (SSSR count). The molecule has 0 atom stereocenters. The Kier molecular flexibility index (Phi) is 5.42. The van der Waals surface area contributed by atoms with Crippen LogP contribution in [0.15, 0.2) is 28.8 Å². The van der Waals surface area contributed by atoms with Crippen molar-refractivity contribution in [3.8, 4) is 0 Å². The predicted molar refractivity (Wildman–Crippen MR) is 101 cm³/mol. The Labute approximate surface area is 155 Å². The molecule has 1 aliphatic carbocycles. The van der Waals surface area contributed by atoms with Crippen molar-refractivity contribution in [1.29, 1.82) is 0 Å². The minimum atomic E-state index is 0.690. The van der Waals surface area contributed by atoms with Crippen LogP contribution in [0.1, 0.15) is 60.6 Å². The average Bonchev–Trinajstić information content (AvgIpc) is 3.06. The molecule has 0 spiro atoms. The molecule has 2 aromatic rings. The van der Waals surface area contributed by atoms with E-state index >= 15 is 0 Å². The van der Waals surface area contributed by atoms with Gasteiger partial charge in [-0.05, 0) is 88.2 Å². The second kappa shape index (κ2) is 7.92. The highest BCUT2D eigenvalue weighted by atomic mass is 35.5. The number of hydrogen-bond acceptors (Lipinski definition) is 3. The van der Waals surface area contributed by atoms with Gasteiger partial charge in [0.15, 0.2) is 0 Å². The van der Waals surface area contributed by atoms with Crippen LogP contribution < -0.4 is 0 Å². The van der Waals surface area contributed by atoms with E-state index in [1.807, 2.05) is 12.1 Å². The Morgan fingerprint density at radius 2 is 1.84 bits per heavy atom. The van der Waals surface area contributed by atoms with Crippen LogP contribution in [-0.2, 0) is 19.3 Å². The van der Waals surface area contributed by atoms with Crippen LogP contribution in [0.2, 0.25) is 5.02 Å². The Morgan fingerprint density at radius 1 is 1.08 bits per heavy atom. The van der Waals surface area contributed by atoms with Crippen molar-refractivity contribution in [1.82, 2.24) is 10.1 Å². The molecule has 0 unspecified atom stereocenters. The molecule has 25 heavy (non-hydrogen) atoms. The zero-order valence-corrected chi connectivity index (χ0v) is 15.6. The van der Waals surface area contributed by atoms with E-state index in [0.717, 1.165) is 23.6 Å². The van der Waals surface area contributed by atoms with Crippen molar-refractivity contribution >= 4 is 11.6 Å². The number of rotatable bonds is 5. The van der Waals surface area contributed by atoms with Crippen molar-refractivity contribution in [3.05, 3.63) is 51.9 Å². The van der Waals surface area contributed by atoms with Gasteiger partial charge in [0.25, 0.3) is 0 Å². The molecular formula is C21H27ClN2O. The van der Waals surface area contributed by atoms with E-state index in [0.29, 0.717) is 5.92 Å². The molecule has 1 aliphatic heterocycles. The van der Waals surface area contributed by atoms with Crippen LogP contribution in [0.5, 0.6) is 0 Å². The van der Waals surface area contributed by atoms with Crippen LogP contribution in [0.4, 0.5) is 0 Å². The number of aryl methyl sites for hydroxylation is 2. The van der Waals surface area contributed by atoms with Crippen LogP contribution in [0, 0.1) is 0 Å². The summed E-state index contributed by atoms with van der Waals surface area (Å²) in [4.78, 5) is 2.61. The molecule has 3 nitrogen and oxygen atoms in total. The van der Waals surface area contributed by atoms with Gasteiger partial charge in [0.1, 0.15) is 5.76 Å². The van der Waals surface area contributed by atoms with E-state index in [1.54, 1.807) is 0 Å². The van der Waals surface area contributed by atoms with Gasteiger partial charge >= 0.3 is 0 Å². The van der Waals surface area contributed by atoms with E-state index in [9.17, 15) is 0 Å². The largest absolute Gasteiger partial charge is 0.361 e. The molecule has 0 amide bonds. The number of nitrogens with zero attached hydrogens (tertiary/aromatic N) is 2. The predicted octanol–water partition coefficient (Wildman–Crippen LogP) is 5.02. The third kappa shape index (κ3) is 4.09. The Balaban J connectivity index is 1.23. The number of likely N-dealkylation sites (tertiary alicyclic amines) is 1. The summed E-state index contributed by atoms with van der Waals surface area (Å²) in [5.74, 6) is 1.85. The lowest BCUT2D eigenvalue weighted by Gasteiger charge is -2.32. The summed E-state index contributed by atoms with van der Waals surface area (Å²) < 4.78 is 5.61. The van der Waals surface area contributed by atoms with Crippen molar-refractivity contribution < 1.29 is 4.52 Å². The average molecular weight is 359 g/mol. The Morgan fingerprint density at radius 3 is 2.64 bits per heavy atom. The smallest absolute Gasteiger partial charge is 0.140 e. The molecule has 0 bridgehead atoms. The molecular weight excluding hydrogens is 332 g/mol. The highest BCUT2D eigenvalue weighted by Gasteiger charge is 2.22. The van der Waals surface area contributed by atoms with Gasteiger partial charge in [0.2, 0.25) is 0 Å². The fourth-order valence-corrected chi connectivity index (χ4v) is 4.47. The van der Waals surface area contributed by atoms with Crippen LogP contribution >= 0.6 is 11.6 Å². The van der Waals surface area contributed by atoms with Crippen LogP contribution in [0.25, 0.3) is 0 Å². The van der Waals surface area contributed by atoms with Gasteiger partial charge in [-0.3, -0.25) is 0 Å². The molecule has 4 heteroatoms. The maximum absolute atomic E-state index is 6.00. The maximum Gasteiger partial charge on any atom is 0.140 e. The van der Waals surface area contributed by atoms with Crippen LogP contribution in [0.3, 0.4) is 0 Å². The van der Waals surface area contributed by atoms with E-state index in [1.165, 1.54) is 75.0 Å². The Bertz CT molecular complexity index is 686. The summed E-state index contributed by atoms with van der Waals surface area (Å²) >= 11 is 6.00. The van der Waals surface area contributed by atoms with Crippen molar-refractivity contribution in [3.63, 3.8) is 0 Å². The quantitative estimate of drug-likeness (QED) is 0.751. The van der Waals surface area contributed by atoms with Crippen LogP contribution in [-0.4, -0.2) is 29.7 Å². The summed E-state index contributed by atoms with van der Waals surface area (Å²) in [5, 5.41) is 5.10. The maximum atomic E-state index is 6.00. The van der Waals surface area contributed by atoms with Gasteiger partial charge in [0, 0.05) is 17.0 Å². The topological polar surface area (TPSA) is 29.3 Å². The second-order valence-corrected chi connectivity index (χ2v) is 7.95. The summed E-state index contributed by atoms with van der Waals surface area (Å²) in [6.07, 6.45) is 9.55. The standard InChI is InChI=1S/C21H27ClN2O/c22-18-9-7-16(8-10-18)17-11-14-24(15-12-17)13-3-6-21-19-4-1-2-5-20(19)23-25-21/h7-10,17H,1-6,11-15H2. The van der Waals surface area contributed by atoms with Gasteiger partial charge in [-0.15, -0.1) is 0 Å². The number of piperidine rings is 1. The highest BCUT2D eigenvalue weighted by Crippen LogP contribution is 2.29. The lowest BCUT2D eigenvalue weighted by atomic mass is 9.89. The van der Waals surface area contributed by atoms with Crippen molar-refractivity contribution in [2.75, 3.05) is 19.6 Å². The normalized spacial score (nSPS) is 19.1. The fraction of sp³-hybridized carbons (Fsp3) is 0.571. The van der Waals surface area contributed by atoms with Crippen molar-refractivity contribution in [2.24, 2.45) is 0 Å². The van der Waals surface area contributed by atoms with E-state index in [-0.39, 0.29) is 0 Å². The molecule has 134 valence electrons. The fourth-order valence-electron chi connectivity index (χ4n) is 4.34. The SMILES string of the molecule is Clc1ccc(C2CCN(CCCc3onc4c3CCCC4)CC2)cc1. The molecule has 1 saturated heterocycles. The highest BCUT2D eigenvalue weighted by molar-refractivity contribution is 6.30. The minimum absolute atomic E-state index is 0.690. The zero-order valence-electron chi connectivity index (χ0n) is 14.8. The summed E-state index contributed by atoms with van der Waals surface area (Å²) in [6, 6.07) is 8.41. The van der Waals surface area contributed by atoms with Gasteiger partial charge in [-0.25, -0.2) is 0 Å². The molecule has 2 aliphatic rings. The third-order valence-corrected chi connectivity index (χ3v) is 6.10. The monoisotopic (exact) mass is 358 g/mol. The lowest BCUT2D eigenvalue weighted by Crippen LogP contribution is -2.33. The number of benzene rings is 1. The lowest BCUT2D eigenvalue weighted by molar-refractivity contribution is 0.208. The van der Waals surface area contributed by atoms with E-state index in [4.69, 9.17) is 16.1 Å². The zero-order chi connectivity index (χ0) is 17.1. The van der Waals surface area contributed by atoms with Gasteiger partial charge < -0.3 is 9.42 Å². The first-order chi connectivity index (χ1) is 12.3. The van der Waals surface area contributed by atoms with Gasteiger partial charge in [-0.1, -0.05) is 28.9 Å². The van der Waals surface area contributed by atoms with Gasteiger partial charge in [-0.2, -0.15) is 0 Å². The first-order valence-electron chi connectivity index (χ1n) is 9.74. The molecule has 0 radical (unpaired) electrons. The molecule has 1 aromatic carbocycles. The molecule has 2 heterocycles. The first-order valence-corrected chi connectivity index (χ1v) is 10.1. The van der Waals surface area contributed by atoms with E-state index in [2.05, 4.69) is 22.2 Å². The molecule has 0 saturated carbocycles. The summed E-state index contributed by atoms with van der Waals surface area (Å²) in [6.45, 7) is 3.56. The summed E-state index contributed by atoms with van der Waals surface area (Å²) in [7, 11) is 0. The number of halogens is 1. The van der Waals surface area contributed by atoms with E-state index < -0.39 is 0 Å². The minimum Gasteiger partial charge on any atom is -0.361 e. The molecule has 0 N–H and O–H groups in total. The van der Waals surface area contributed by atoms with Crippen molar-refractivity contribution in [2.45, 2.75) is 57.3 Å². The number of fused-ring (bicyclic) bond motifs is 1.